The number of benzene rings is 1. The number of allylic oxidation sites excluding steroid dienone is 2. The highest BCUT2D eigenvalue weighted by Crippen LogP contribution is 2.64. The predicted molar refractivity (Wildman–Crippen MR) is 150 cm³/mol. The van der Waals surface area contributed by atoms with Gasteiger partial charge in [-0.05, 0) is 77.6 Å². The van der Waals surface area contributed by atoms with Crippen LogP contribution in [0.1, 0.15) is 74.7 Å². The monoisotopic (exact) mass is 574 g/mol. The summed E-state index contributed by atoms with van der Waals surface area (Å²) >= 11 is 13.9. The van der Waals surface area contributed by atoms with E-state index in [4.69, 9.17) is 37.4 Å². The van der Waals surface area contributed by atoms with E-state index < -0.39 is 5.79 Å². The van der Waals surface area contributed by atoms with Crippen LogP contribution >= 0.6 is 23.2 Å². The molecular weight excluding hydrogens is 539 g/mol. The van der Waals surface area contributed by atoms with Gasteiger partial charge in [0.25, 0.3) is 11.7 Å². The fourth-order valence-electron chi connectivity index (χ4n) is 7.53. The number of methoxy groups -OCH3 is 1. The standard InChI is InChI=1S/C30H36Cl2N2O5/c1-17-14-20(35)19(21(15-17)37-5)16-34-13-6-18-22(27(34)36)24(32)26-25(23(18)31)38-28(2,39-26)29-7-10-30(11-8-29,12-9-29)33(3)4/h15H,6-14,16H2,1-5H3. The van der Waals surface area contributed by atoms with E-state index in [1.165, 1.54) is 7.11 Å². The number of amides is 1. The SMILES string of the molecule is COC1=C(CN2CCc3c(Cl)c4c(c(Cl)c3C2=O)OC(C)(C23CCC(N(C)C)(CC2)CC3)O4)C(=O)CC(C)=C1. The minimum Gasteiger partial charge on any atom is -0.496 e. The Morgan fingerprint density at radius 2 is 1.64 bits per heavy atom. The van der Waals surface area contributed by atoms with Gasteiger partial charge in [-0.15, -0.1) is 0 Å². The van der Waals surface area contributed by atoms with Crippen molar-refractivity contribution < 1.29 is 23.8 Å². The molecule has 210 valence electrons. The lowest BCUT2D eigenvalue weighted by Gasteiger charge is -2.59. The number of fused-ring (bicyclic) bond motifs is 5. The number of nitrogens with zero attached hydrogens (tertiary/aromatic N) is 2. The molecule has 2 aliphatic heterocycles. The summed E-state index contributed by atoms with van der Waals surface area (Å²) in [5.41, 5.74) is 2.55. The second-order valence-corrected chi connectivity index (χ2v) is 13.1. The Hall–Kier alpha value is -2.22. The first-order valence-corrected chi connectivity index (χ1v) is 14.6. The molecule has 0 radical (unpaired) electrons. The van der Waals surface area contributed by atoms with Gasteiger partial charge in [-0.2, -0.15) is 0 Å². The van der Waals surface area contributed by atoms with Crippen molar-refractivity contribution in [3.05, 3.63) is 44.2 Å². The van der Waals surface area contributed by atoms with E-state index in [2.05, 4.69) is 19.0 Å². The molecule has 1 aromatic carbocycles. The largest absolute Gasteiger partial charge is 0.496 e. The van der Waals surface area contributed by atoms with Crippen LogP contribution in [-0.4, -0.2) is 67.1 Å². The Bertz CT molecular complexity index is 1320. The Labute approximate surface area is 240 Å². The fraction of sp³-hybridized carbons (Fsp3) is 0.600. The van der Waals surface area contributed by atoms with E-state index in [1.54, 1.807) is 4.90 Å². The van der Waals surface area contributed by atoms with Crippen LogP contribution in [0.2, 0.25) is 10.0 Å². The van der Waals surface area contributed by atoms with Gasteiger partial charge >= 0.3 is 0 Å². The first-order valence-electron chi connectivity index (χ1n) is 13.8. The van der Waals surface area contributed by atoms with Crippen molar-refractivity contribution in [3.63, 3.8) is 0 Å². The summed E-state index contributed by atoms with van der Waals surface area (Å²) in [5.74, 6) is 0.0893. The zero-order valence-corrected chi connectivity index (χ0v) is 24.9. The smallest absolute Gasteiger partial charge is 0.256 e. The third-order valence-corrected chi connectivity index (χ3v) is 11.0. The molecule has 3 fully saturated rings. The number of hydrogen-bond acceptors (Lipinski definition) is 6. The Balaban J connectivity index is 1.31. The summed E-state index contributed by atoms with van der Waals surface area (Å²) in [6.45, 7) is 4.46. The summed E-state index contributed by atoms with van der Waals surface area (Å²) in [6.07, 6.45) is 8.96. The number of carbonyl (C=O) groups is 2. The average Bonchev–Trinajstić information content (AvgIpc) is 3.30. The van der Waals surface area contributed by atoms with E-state index in [9.17, 15) is 9.59 Å². The lowest BCUT2D eigenvalue weighted by molar-refractivity contribution is -0.211. The second-order valence-electron chi connectivity index (χ2n) is 12.3. The zero-order valence-electron chi connectivity index (χ0n) is 23.3. The van der Waals surface area contributed by atoms with Crippen molar-refractivity contribution in [1.82, 2.24) is 9.80 Å². The van der Waals surface area contributed by atoms with Gasteiger partial charge in [0, 0.05) is 30.8 Å². The molecule has 2 heterocycles. The van der Waals surface area contributed by atoms with Crippen molar-refractivity contribution in [2.45, 2.75) is 76.5 Å². The molecule has 1 atom stereocenters. The maximum atomic E-state index is 13.8. The summed E-state index contributed by atoms with van der Waals surface area (Å²) < 4.78 is 18.7. The highest BCUT2D eigenvalue weighted by Gasteiger charge is 2.63. The Morgan fingerprint density at radius 1 is 1.03 bits per heavy atom. The first kappa shape index (κ1) is 27.0. The third-order valence-electron chi connectivity index (χ3n) is 10.3. The molecule has 1 unspecified atom stereocenters. The Kier molecular flexibility index (Phi) is 6.33. The molecule has 2 bridgehead atoms. The normalized spacial score (nSPS) is 31.7. The van der Waals surface area contributed by atoms with Crippen LogP contribution in [0.4, 0.5) is 0 Å². The number of hydrogen-bond donors (Lipinski definition) is 0. The maximum absolute atomic E-state index is 13.8. The van der Waals surface area contributed by atoms with Gasteiger partial charge in [0.15, 0.2) is 17.3 Å². The van der Waals surface area contributed by atoms with Crippen LogP contribution in [0, 0.1) is 5.41 Å². The molecule has 0 saturated heterocycles. The fourth-order valence-corrected chi connectivity index (χ4v) is 8.17. The molecule has 0 aromatic heterocycles. The topological polar surface area (TPSA) is 68.3 Å². The van der Waals surface area contributed by atoms with E-state index in [-0.39, 0.29) is 34.2 Å². The molecule has 0 N–H and O–H groups in total. The third kappa shape index (κ3) is 3.86. The second kappa shape index (κ2) is 9.15. The summed E-state index contributed by atoms with van der Waals surface area (Å²) in [6, 6.07) is 0. The van der Waals surface area contributed by atoms with Gasteiger partial charge in [0.2, 0.25) is 0 Å². The predicted octanol–water partition coefficient (Wildman–Crippen LogP) is 5.95. The van der Waals surface area contributed by atoms with Crippen molar-refractivity contribution in [2.24, 2.45) is 5.41 Å². The number of carbonyl (C=O) groups excluding carboxylic acids is 2. The van der Waals surface area contributed by atoms with Gasteiger partial charge in [-0.1, -0.05) is 28.8 Å². The molecule has 3 saturated carbocycles. The minimum absolute atomic E-state index is 0.0338. The van der Waals surface area contributed by atoms with E-state index in [0.717, 1.165) is 44.1 Å². The summed E-state index contributed by atoms with van der Waals surface area (Å²) in [5, 5.41) is 0.635. The van der Waals surface area contributed by atoms with Crippen molar-refractivity contribution in [1.29, 1.82) is 0 Å². The van der Waals surface area contributed by atoms with Gasteiger partial charge in [-0.3, -0.25) is 9.59 Å². The summed E-state index contributed by atoms with van der Waals surface area (Å²) in [7, 11) is 5.90. The molecule has 1 amide bonds. The van der Waals surface area contributed by atoms with Crippen LogP contribution in [-0.2, 0) is 16.0 Å². The first-order chi connectivity index (χ1) is 18.4. The quantitative estimate of drug-likeness (QED) is 0.432. The molecule has 9 heteroatoms. The molecule has 1 aromatic rings. The molecular formula is C30H36Cl2N2O5. The molecule has 6 aliphatic rings. The highest BCUT2D eigenvalue weighted by molar-refractivity contribution is 6.39. The number of halogens is 2. The molecule has 0 spiro atoms. The van der Waals surface area contributed by atoms with Gasteiger partial charge in [0.05, 0.1) is 34.8 Å². The lowest BCUT2D eigenvalue weighted by Crippen LogP contribution is -2.62. The van der Waals surface area contributed by atoms with Gasteiger partial charge in [0.1, 0.15) is 5.76 Å². The minimum atomic E-state index is -0.912. The van der Waals surface area contributed by atoms with E-state index >= 15 is 0 Å². The number of ether oxygens (including phenoxy) is 3. The van der Waals surface area contributed by atoms with Crippen molar-refractivity contribution >= 4 is 34.9 Å². The molecule has 7 nitrogen and oxygen atoms in total. The highest BCUT2D eigenvalue weighted by atomic mass is 35.5. The molecule has 4 aliphatic carbocycles. The van der Waals surface area contributed by atoms with E-state index in [0.29, 0.717) is 58.4 Å². The van der Waals surface area contributed by atoms with Crippen LogP contribution in [0.5, 0.6) is 11.5 Å². The van der Waals surface area contributed by atoms with Crippen LogP contribution in [0.15, 0.2) is 23.0 Å². The van der Waals surface area contributed by atoms with Crippen molar-refractivity contribution in [2.75, 3.05) is 34.3 Å². The van der Waals surface area contributed by atoms with Gasteiger partial charge < -0.3 is 24.0 Å². The number of rotatable bonds is 5. The Morgan fingerprint density at radius 3 is 2.23 bits per heavy atom. The number of ketones is 1. The van der Waals surface area contributed by atoms with Crippen molar-refractivity contribution in [3.8, 4) is 11.5 Å². The van der Waals surface area contributed by atoms with E-state index in [1.807, 2.05) is 19.9 Å². The maximum Gasteiger partial charge on any atom is 0.256 e. The summed E-state index contributed by atoms with van der Waals surface area (Å²) in [4.78, 5) is 30.6. The average molecular weight is 576 g/mol. The lowest BCUT2D eigenvalue weighted by atomic mass is 9.54. The van der Waals surface area contributed by atoms with Crippen LogP contribution in [0.3, 0.4) is 0 Å². The molecule has 7 rings (SSSR count). The van der Waals surface area contributed by atoms with Gasteiger partial charge in [-0.25, -0.2) is 0 Å². The van der Waals surface area contributed by atoms with Crippen LogP contribution < -0.4 is 9.47 Å². The number of Topliss-reactive ketones (excluding diaryl/α,β-unsaturated/α-hetero) is 1. The van der Waals surface area contributed by atoms with Crippen LogP contribution in [0.25, 0.3) is 0 Å². The zero-order chi connectivity index (χ0) is 27.9. The molecule has 39 heavy (non-hydrogen) atoms.